The standard InChI is InChI=1S/C6H10BN/c1-7-3-5-8(2)6-4-7/h3-6H,1-2H3. The second-order valence-electron chi connectivity index (χ2n) is 2.21. The lowest BCUT2D eigenvalue weighted by molar-refractivity contribution is 0.625. The molecule has 0 unspecified atom stereocenters. The molecule has 0 N–H and O–H groups in total. The van der Waals surface area contributed by atoms with Crippen LogP contribution in [0.1, 0.15) is 0 Å². The van der Waals surface area contributed by atoms with Gasteiger partial charge in [0.2, 0.25) is 0 Å². The van der Waals surface area contributed by atoms with Gasteiger partial charge in [-0.3, -0.25) is 0 Å². The first-order valence-electron chi connectivity index (χ1n) is 2.87. The highest BCUT2D eigenvalue weighted by atomic mass is 15.0. The molecule has 1 aliphatic rings. The maximum Gasteiger partial charge on any atom is 0.192 e. The Labute approximate surface area is 50.8 Å². The van der Waals surface area contributed by atoms with Gasteiger partial charge in [0.1, 0.15) is 0 Å². The summed E-state index contributed by atoms with van der Waals surface area (Å²) in [6, 6.07) is 0. The first-order chi connectivity index (χ1) is 3.79. The zero-order valence-corrected chi connectivity index (χ0v) is 5.33. The van der Waals surface area contributed by atoms with Gasteiger partial charge in [-0.25, -0.2) is 0 Å². The minimum atomic E-state index is 0.617. The summed E-state index contributed by atoms with van der Waals surface area (Å²) in [6.07, 6.45) is 4.15. The SMILES string of the molecule is CB1C=CN(C)C=C1. The van der Waals surface area contributed by atoms with Crippen LogP contribution in [0.5, 0.6) is 0 Å². The van der Waals surface area contributed by atoms with Gasteiger partial charge in [0.15, 0.2) is 6.71 Å². The van der Waals surface area contributed by atoms with Gasteiger partial charge >= 0.3 is 0 Å². The van der Waals surface area contributed by atoms with Crippen LogP contribution in [0.2, 0.25) is 6.82 Å². The summed E-state index contributed by atoms with van der Waals surface area (Å²) in [5.41, 5.74) is 0. The Kier molecular flexibility index (Phi) is 1.42. The van der Waals surface area contributed by atoms with Crippen molar-refractivity contribution in [2.24, 2.45) is 0 Å². The molecule has 0 aromatic heterocycles. The summed E-state index contributed by atoms with van der Waals surface area (Å²) in [6.45, 7) is 2.78. The molecule has 0 radical (unpaired) electrons. The fourth-order valence-electron chi connectivity index (χ4n) is 0.657. The van der Waals surface area contributed by atoms with Gasteiger partial charge in [0.05, 0.1) is 0 Å². The smallest absolute Gasteiger partial charge is 0.192 e. The molecule has 0 atom stereocenters. The Hall–Kier alpha value is -0.655. The van der Waals surface area contributed by atoms with Crippen molar-refractivity contribution in [3.8, 4) is 0 Å². The summed E-state index contributed by atoms with van der Waals surface area (Å²) in [7, 11) is 2.03. The minimum Gasteiger partial charge on any atom is -0.359 e. The fraction of sp³-hybridized carbons (Fsp3) is 0.333. The molecule has 2 heteroatoms. The molecule has 0 saturated heterocycles. The molecule has 0 aromatic carbocycles. The van der Waals surface area contributed by atoms with Crippen LogP contribution in [-0.4, -0.2) is 18.7 Å². The summed E-state index contributed by atoms with van der Waals surface area (Å²) in [5, 5.41) is 0. The highest BCUT2D eigenvalue weighted by Gasteiger charge is 1.99. The summed E-state index contributed by atoms with van der Waals surface area (Å²) in [5.74, 6) is 4.33. The van der Waals surface area contributed by atoms with Crippen molar-refractivity contribution >= 4 is 6.71 Å². The molecule has 0 spiro atoms. The number of hydrogen-bond acceptors (Lipinski definition) is 1. The van der Waals surface area contributed by atoms with E-state index in [2.05, 4.69) is 31.2 Å². The van der Waals surface area contributed by atoms with Crippen molar-refractivity contribution in [1.82, 2.24) is 4.90 Å². The van der Waals surface area contributed by atoms with E-state index in [-0.39, 0.29) is 0 Å². The Bertz CT molecular complexity index is 100. The van der Waals surface area contributed by atoms with Crippen LogP contribution in [0.4, 0.5) is 0 Å². The molecule has 0 aromatic rings. The Balaban J connectivity index is 2.54. The molecule has 42 valence electrons. The Morgan fingerprint density at radius 3 is 2.12 bits per heavy atom. The topological polar surface area (TPSA) is 3.24 Å². The third-order valence-corrected chi connectivity index (χ3v) is 1.25. The van der Waals surface area contributed by atoms with Crippen LogP contribution in [0, 0.1) is 0 Å². The van der Waals surface area contributed by atoms with Gasteiger partial charge in [0, 0.05) is 7.05 Å². The second kappa shape index (κ2) is 2.08. The Morgan fingerprint density at radius 1 is 1.25 bits per heavy atom. The lowest BCUT2D eigenvalue weighted by atomic mass is 9.52. The van der Waals surface area contributed by atoms with E-state index in [0.29, 0.717) is 6.71 Å². The number of nitrogens with zero attached hydrogens (tertiary/aromatic N) is 1. The van der Waals surface area contributed by atoms with Crippen LogP contribution in [-0.2, 0) is 0 Å². The molecule has 0 amide bonds. The monoisotopic (exact) mass is 107 g/mol. The molecule has 0 saturated carbocycles. The molecule has 8 heavy (non-hydrogen) atoms. The molecular weight excluding hydrogens is 96.9 g/mol. The fourth-order valence-corrected chi connectivity index (χ4v) is 0.657. The summed E-state index contributed by atoms with van der Waals surface area (Å²) >= 11 is 0. The molecule has 1 heterocycles. The van der Waals surface area contributed by atoms with Gasteiger partial charge < -0.3 is 4.90 Å². The van der Waals surface area contributed by atoms with E-state index in [1.807, 2.05) is 11.9 Å². The number of hydrogen-bond donors (Lipinski definition) is 0. The van der Waals surface area contributed by atoms with Gasteiger partial charge in [0.25, 0.3) is 0 Å². The molecular formula is C6H10BN. The van der Waals surface area contributed by atoms with Crippen LogP contribution in [0.25, 0.3) is 0 Å². The molecule has 1 rings (SSSR count). The quantitative estimate of drug-likeness (QED) is 0.420. The molecule has 0 fully saturated rings. The van der Waals surface area contributed by atoms with Crippen LogP contribution < -0.4 is 0 Å². The zero-order chi connectivity index (χ0) is 5.98. The van der Waals surface area contributed by atoms with Crippen LogP contribution >= 0.6 is 0 Å². The minimum absolute atomic E-state index is 0.617. The summed E-state index contributed by atoms with van der Waals surface area (Å²) in [4.78, 5) is 2.04. The van der Waals surface area contributed by atoms with E-state index in [0.717, 1.165) is 0 Å². The van der Waals surface area contributed by atoms with Crippen molar-refractivity contribution in [3.63, 3.8) is 0 Å². The number of rotatable bonds is 0. The zero-order valence-electron chi connectivity index (χ0n) is 5.33. The maximum atomic E-state index is 2.17. The van der Waals surface area contributed by atoms with E-state index in [4.69, 9.17) is 0 Å². The van der Waals surface area contributed by atoms with E-state index in [9.17, 15) is 0 Å². The summed E-state index contributed by atoms with van der Waals surface area (Å²) < 4.78 is 0. The first-order valence-corrected chi connectivity index (χ1v) is 2.87. The van der Waals surface area contributed by atoms with E-state index >= 15 is 0 Å². The van der Waals surface area contributed by atoms with Crippen molar-refractivity contribution in [2.75, 3.05) is 7.05 Å². The van der Waals surface area contributed by atoms with Gasteiger partial charge in [-0.2, -0.15) is 0 Å². The molecule has 0 bridgehead atoms. The van der Waals surface area contributed by atoms with Gasteiger partial charge in [-0.05, 0) is 12.4 Å². The van der Waals surface area contributed by atoms with Crippen molar-refractivity contribution in [2.45, 2.75) is 6.82 Å². The average molecular weight is 107 g/mol. The van der Waals surface area contributed by atoms with Crippen LogP contribution in [0.3, 0.4) is 0 Å². The molecule has 0 aliphatic carbocycles. The van der Waals surface area contributed by atoms with E-state index in [1.165, 1.54) is 0 Å². The van der Waals surface area contributed by atoms with Crippen molar-refractivity contribution in [3.05, 3.63) is 24.4 Å². The lowest BCUT2D eigenvalue weighted by Gasteiger charge is -2.11. The molecule has 1 nitrogen and oxygen atoms in total. The lowest BCUT2D eigenvalue weighted by Crippen LogP contribution is -2.11. The average Bonchev–Trinajstić information content (AvgIpc) is 1.77. The highest BCUT2D eigenvalue weighted by molar-refractivity contribution is 6.68. The third kappa shape index (κ3) is 1.16. The van der Waals surface area contributed by atoms with Gasteiger partial charge in [-0.1, -0.05) is 18.8 Å². The predicted octanol–water partition coefficient (Wildman–Crippen LogP) is 1.16. The maximum absolute atomic E-state index is 2.17. The van der Waals surface area contributed by atoms with E-state index < -0.39 is 0 Å². The first kappa shape index (κ1) is 5.48. The van der Waals surface area contributed by atoms with Crippen LogP contribution in [0.15, 0.2) is 24.4 Å². The Morgan fingerprint density at radius 2 is 1.75 bits per heavy atom. The molecule has 1 aliphatic heterocycles. The highest BCUT2D eigenvalue weighted by Crippen LogP contribution is 1.97. The van der Waals surface area contributed by atoms with E-state index in [1.54, 1.807) is 0 Å². The van der Waals surface area contributed by atoms with Gasteiger partial charge in [-0.15, -0.1) is 0 Å². The van der Waals surface area contributed by atoms with Crippen molar-refractivity contribution < 1.29 is 0 Å². The predicted molar refractivity (Wildman–Crippen MR) is 37.7 cm³/mol. The second-order valence-corrected chi connectivity index (χ2v) is 2.21. The third-order valence-electron chi connectivity index (χ3n) is 1.25. The van der Waals surface area contributed by atoms with Crippen molar-refractivity contribution in [1.29, 1.82) is 0 Å². The normalized spacial score (nSPS) is 17.8. The largest absolute Gasteiger partial charge is 0.359 e.